The maximum Gasteiger partial charge on any atom is 0.165 e. The highest BCUT2D eigenvalue weighted by Gasteiger charge is 2.28. The van der Waals surface area contributed by atoms with E-state index in [-0.39, 0.29) is 23.7 Å². The number of rotatable bonds is 5. The van der Waals surface area contributed by atoms with Crippen LogP contribution in [0.5, 0.6) is 5.75 Å². The summed E-state index contributed by atoms with van der Waals surface area (Å²) >= 11 is 0. The maximum absolute atomic E-state index is 13.5. The van der Waals surface area contributed by atoms with E-state index in [9.17, 15) is 17.6 Å². The van der Waals surface area contributed by atoms with E-state index in [0.29, 0.717) is 6.29 Å². The first-order valence-electron chi connectivity index (χ1n) is 5.77. The van der Waals surface area contributed by atoms with Crippen LogP contribution in [-0.4, -0.2) is 31.8 Å². The Hall–Kier alpha value is -1.43. The van der Waals surface area contributed by atoms with Gasteiger partial charge in [0.1, 0.15) is 12.9 Å². The lowest BCUT2D eigenvalue weighted by Gasteiger charge is -2.19. The summed E-state index contributed by atoms with van der Waals surface area (Å²) in [6.07, 6.45) is 0.525. The molecule has 0 saturated carbocycles. The zero-order chi connectivity index (χ0) is 14.7. The van der Waals surface area contributed by atoms with E-state index in [4.69, 9.17) is 4.74 Å². The van der Waals surface area contributed by atoms with Gasteiger partial charge in [0, 0.05) is 5.56 Å². The predicted octanol–water partition coefficient (Wildman–Crippen LogP) is 2.23. The fourth-order valence-electron chi connectivity index (χ4n) is 1.27. The van der Waals surface area contributed by atoms with Crippen LogP contribution in [0.2, 0.25) is 0 Å². The summed E-state index contributed by atoms with van der Waals surface area (Å²) < 4.78 is 41.3. The SMILES string of the molecule is CC(C)(C)S(=O)(=O)CCOc1ccc(C=O)cc1F. The van der Waals surface area contributed by atoms with Crippen molar-refractivity contribution in [3.05, 3.63) is 29.6 Å². The van der Waals surface area contributed by atoms with Crippen LogP contribution in [0.3, 0.4) is 0 Å². The molecule has 0 aliphatic heterocycles. The molecule has 19 heavy (non-hydrogen) atoms. The van der Waals surface area contributed by atoms with Gasteiger partial charge in [-0.05, 0) is 39.0 Å². The minimum Gasteiger partial charge on any atom is -0.489 e. The lowest BCUT2D eigenvalue weighted by atomic mass is 10.2. The third kappa shape index (κ3) is 4.02. The average molecular weight is 288 g/mol. The zero-order valence-electron chi connectivity index (χ0n) is 11.1. The first-order chi connectivity index (χ1) is 8.67. The topological polar surface area (TPSA) is 60.4 Å². The largest absolute Gasteiger partial charge is 0.489 e. The van der Waals surface area contributed by atoms with Crippen LogP contribution in [-0.2, 0) is 9.84 Å². The Bertz CT molecular complexity index is 558. The van der Waals surface area contributed by atoms with E-state index < -0.39 is 20.4 Å². The molecule has 0 fully saturated rings. The van der Waals surface area contributed by atoms with E-state index >= 15 is 0 Å². The third-order valence-corrected chi connectivity index (χ3v) is 5.20. The molecule has 0 unspecified atom stereocenters. The van der Waals surface area contributed by atoms with Gasteiger partial charge in [-0.25, -0.2) is 12.8 Å². The molecule has 4 nitrogen and oxygen atoms in total. The van der Waals surface area contributed by atoms with Crippen LogP contribution in [0.4, 0.5) is 4.39 Å². The smallest absolute Gasteiger partial charge is 0.165 e. The summed E-state index contributed by atoms with van der Waals surface area (Å²) in [4.78, 5) is 10.4. The molecule has 0 heterocycles. The standard InChI is InChI=1S/C13H17FO4S/c1-13(2,3)19(16,17)7-6-18-12-5-4-10(9-15)8-11(12)14/h4-5,8-9H,6-7H2,1-3H3. The van der Waals surface area contributed by atoms with Gasteiger partial charge in [0.2, 0.25) is 0 Å². The molecule has 0 aromatic heterocycles. The number of halogens is 1. The zero-order valence-corrected chi connectivity index (χ0v) is 12.0. The second-order valence-electron chi connectivity index (χ2n) is 5.09. The first-order valence-corrected chi connectivity index (χ1v) is 7.42. The molecular weight excluding hydrogens is 271 g/mol. The van der Waals surface area contributed by atoms with Crippen molar-refractivity contribution in [1.82, 2.24) is 0 Å². The Labute approximate surface area is 112 Å². The second kappa shape index (κ2) is 5.69. The van der Waals surface area contributed by atoms with Gasteiger partial charge in [0.15, 0.2) is 21.4 Å². The average Bonchev–Trinajstić information content (AvgIpc) is 2.29. The van der Waals surface area contributed by atoms with Crippen molar-refractivity contribution in [2.24, 2.45) is 0 Å². The molecule has 0 spiro atoms. The van der Waals surface area contributed by atoms with Gasteiger partial charge in [-0.1, -0.05) is 0 Å². The summed E-state index contributed by atoms with van der Waals surface area (Å²) in [5.41, 5.74) is 0.201. The van der Waals surface area contributed by atoms with Gasteiger partial charge in [0.25, 0.3) is 0 Å². The molecule has 0 aliphatic rings. The van der Waals surface area contributed by atoms with Crippen LogP contribution in [0.25, 0.3) is 0 Å². The van der Waals surface area contributed by atoms with Crippen LogP contribution in [0.15, 0.2) is 18.2 Å². The molecule has 0 saturated heterocycles. The Morgan fingerprint density at radius 1 is 1.32 bits per heavy atom. The second-order valence-corrected chi connectivity index (χ2v) is 7.95. The van der Waals surface area contributed by atoms with E-state index in [2.05, 4.69) is 0 Å². The summed E-state index contributed by atoms with van der Waals surface area (Å²) in [7, 11) is -3.30. The molecule has 1 aromatic rings. The molecule has 0 aliphatic carbocycles. The molecule has 1 rings (SSSR count). The molecule has 106 valence electrons. The predicted molar refractivity (Wildman–Crippen MR) is 70.8 cm³/mol. The molecule has 6 heteroatoms. The molecular formula is C13H17FO4S. The van der Waals surface area contributed by atoms with E-state index in [1.54, 1.807) is 20.8 Å². The highest BCUT2D eigenvalue weighted by Crippen LogP contribution is 2.19. The van der Waals surface area contributed by atoms with Crippen LogP contribution >= 0.6 is 0 Å². The number of ether oxygens (including phenoxy) is 1. The molecule has 0 amide bonds. The fourth-order valence-corrected chi connectivity index (χ4v) is 2.19. The summed E-state index contributed by atoms with van der Waals surface area (Å²) in [5, 5.41) is 0. The summed E-state index contributed by atoms with van der Waals surface area (Å²) in [6.45, 7) is 4.67. The summed E-state index contributed by atoms with van der Waals surface area (Å²) in [6, 6.07) is 3.76. The number of hydrogen-bond donors (Lipinski definition) is 0. The van der Waals surface area contributed by atoms with Crippen molar-refractivity contribution in [3.63, 3.8) is 0 Å². The van der Waals surface area contributed by atoms with Gasteiger partial charge in [-0.2, -0.15) is 0 Å². The normalized spacial score (nSPS) is 12.2. The van der Waals surface area contributed by atoms with Gasteiger partial charge < -0.3 is 4.74 Å². The van der Waals surface area contributed by atoms with Gasteiger partial charge in [-0.3, -0.25) is 4.79 Å². The Balaban J connectivity index is 2.67. The van der Waals surface area contributed by atoms with Crippen molar-refractivity contribution in [2.45, 2.75) is 25.5 Å². The van der Waals surface area contributed by atoms with E-state index in [1.165, 1.54) is 12.1 Å². The lowest BCUT2D eigenvalue weighted by Crippen LogP contribution is -2.32. The highest BCUT2D eigenvalue weighted by atomic mass is 32.2. The maximum atomic E-state index is 13.5. The van der Waals surface area contributed by atoms with E-state index in [1.807, 2.05) is 0 Å². The van der Waals surface area contributed by atoms with Gasteiger partial charge >= 0.3 is 0 Å². The summed E-state index contributed by atoms with van der Waals surface area (Å²) in [5.74, 6) is -0.932. The van der Waals surface area contributed by atoms with Crippen molar-refractivity contribution in [3.8, 4) is 5.75 Å². The lowest BCUT2D eigenvalue weighted by molar-refractivity contribution is 0.112. The van der Waals surface area contributed by atoms with Crippen molar-refractivity contribution < 1.29 is 22.3 Å². The van der Waals surface area contributed by atoms with Gasteiger partial charge in [-0.15, -0.1) is 0 Å². The number of carbonyl (C=O) groups is 1. The molecule has 0 atom stereocenters. The van der Waals surface area contributed by atoms with Crippen molar-refractivity contribution in [1.29, 1.82) is 0 Å². The van der Waals surface area contributed by atoms with Crippen LogP contribution < -0.4 is 4.74 Å². The van der Waals surface area contributed by atoms with E-state index in [0.717, 1.165) is 6.07 Å². The monoisotopic (exact) mass is 288 g/mol. The Morgan fingerprint density at radius 3 is 2.42 bits per heavy atom. The first kappa shape index (κ1) is 15.6. The number of aldehydes is 1. The molecule has 0 bridgehead atoms. The number of sulfone groups is 1. The Morgan fingerprint density at radius 2 is 1.95 bits per heavy atom. The third-order valence-electron chi connectivity index (χ3n) is 2.63. The quantitative estimate of drug-likeness (QED) is 0.780. The number of benzene rings is 1. The molecule has 0 N–H and O–H groups in total. The highest BCUT2D eigenvalue weighted by molar-refractivity contribution is 7.92. The molecule has 0 radical (unpaired) electrons. The Kier molecular flexibility index (Phi) is 4.68. The number of carbonyl (C=O) groups excluding carboxylic acids is 1. The van der Waals surface area contributed by atoms with Gasteiger partial charge in [0.05, 0.1) is 10.5 Å². The fraction of sp³-hybridized carbons (Fsp3) is 0.462. The van der Waals surface area contributed by atoms with Crippen molar-refractivity contribution >= 4 is 16.1 Å². The van der Waals surface area contributed by atoms with Crippen LogP contribution in [0, 0.1) is 5.82 Å². The molecule has 1 aromatic carbocycles. The number of hydrogen-bond acceptors (Lipinski definition) is 4. The van der Waals surface area contributed by atoms with Crippen LogP contribution in [0.1, 0.15) is 31.1 Å². The minimum absolute atomic E-state index is 0.0605. The van der Waals surface area contributed by atoms with Crippen molar-refractivity contribution in [2.75, 3.05) is 12.4 Å². The minimum atomic E-state index is -3.30.